The van der Waals surface area contributed by atoms with Crippen LogP contribution in [0.5, 0.6) is 0 Å². The Bertz CT molecular complexity index is 342. The zero-order valence-corrected chi connectivity index (χ0v) is 9.96. The first-order valence-electron chi connectivity index (χ1n) is 5.21. The maximum absolute atomic E-state index is 5.79. The molecule has 1 rings (SSSR count). The zero-order chi connectivity index (χ0) is 11.8. The van der Waals surface area contributed by atoms with Crippen molar-refractivity contribution < 1.29 is 4.74 Å². The molecule has 1 aromatic rings. The van der Waals surface area contributed by atoms with Crippen LogP contribution in [0.25, 0.3) is 0 Å². The molecular formula is C12H17ClN2O. The topological polar surface area (TPSA) is 47.3 Å². The predicted molar refractivity (Wildman–Crippen MR) is 70.0 cm³/mol. The second kappa shape index (κ2) is 7.14. The quantitative estimate of drug-likeness (QED) is 0.438. The molecule has 0 saturated carbocycles. The molecule has 1 aromatic carbocycles. The van der Waals surface area contributed by atoms with Crippen LogP contribution in [0.4, 0.5) is 11.4 Å². The summed E-state index contributed by atoms with van der Waals surface area (Å²) in [6.45, 7) is 5.70. The molecule has 0 bridgehead atoms. The molecule has 16 heavy (non-hydrogen) atoms. The molecule has 0 saturated heterocycles. The SMILES string of the molecule is C=CCCOCCNc1ccc(Cl)cc1N. The van der Waals surface area contributed by atoms with Gasteiger partial charge in [0.15, 0.2) is 0 Å². The molecule has 0 unspecified atom stereocenters. The zero-order valence-electron chi connectivity index (χ0n) is 9.21. The Labute approximate surface area is 101 Å². The van der Waals surface area contributed by atoms with Gasteiger partial charge in [-0.2, -0.15) is 0 Å². The van der Waals surface area contributed by atoms with Gasteiger partial charge in [-0.3, -0.25) is 0 Å². The molecule has 0 radical (unpaired) electrons. The Hall–Kier alpha value is -1.19. The fraction of sp³-hybridized carbons (Fsp3) is 0.333. The Morgan fingerprint density at radius 2 is 2.25 bits per heavy atom. The molecule has 0 fully saturated rings. The molecule has 0 aliphatic carbocycles. The maximum atomic E-state index is 5.79. The van der Waals surface area contributed by atoms with Crippen molar-refractivity contribution in [2.45, 2.75) is 6.42 Å². The third-order valence-corrected chi connectivity index (χ3v) is 2.28. The van der Waals surface area contributed by atoms with Crippen LogP contribution in [-0.4, -0.2) is 19.8 Å². The van der Waals surface area contributed by atoms with Crippen LogP contribution < -0.4 is 11.1 Å². The molecule has 0 aliphatic rings. The number of nitrogen functional groups attached to an aromatic ring is 1. The fourth-order valence-electron chi connectivity index (χ4n) is 1.22. The largest absolute Gasteiger partial charge is 0.397 e. The van der Waals surface area contributed by atoms with Crippen molar-refractivity contribution in [1.29, 1.82) is 0 Å². The van der Waals surface area contributed by atoms with E-state index in [9.17, 15) is 0 Å². The fourth-order valence-corrected chi connectivity index (χ4v) is 1.40. The van der Waals surface area contributed by atoms with E-state index in [0.29, 0.717) is 23.9 Å². The number of nitrogens with one attached hydrogen (secondary N) is 1. The second-order valence-electron chi connectivity index (χ2n) is 3.35. The average molecular weight is 241 g/mol. The highest BCUT2D eigenvalue weighted by atomic mass is 35.5. The number of ether oxygens (including phenoxy) is 1. The standard InChI is InChI=1S/C12H17ClN2O/c1-2-3-7-16-8-6-15-12-5-4-10(13)9-11(12)14/h2,4-5,9,15H,1,3,6-8,14H2. The molecule has 3 N–H and O–H groups in total. The summed E-state index contributed by atoms with van der Waals surface area (Å²) in [6, 6.07) is 5.39. The van der Waals surface area contributed by atoms with Crippen LogP contribution in [0.3, 0.4) is 0 Å². The van der Waals surface area contributed by atoms with Gasteiger partial charge in [0.05, 0.1) is 24.6 Å². The van der Waals surface area contributed by atoms with Crippen molar-refractivity contribution >= 4 is 23.0 Å². The lowest BCUT2D eigenvalue weighted by atomic mass is 10.2. The Balaban J connectivity index is 2.24. The van der Waals surface area contributed by atoms with Crippen molar-refractivity contribution in [3.63, 3.8) is 0 Å². The third kappa shape index (κ3) is 4.55. The smallest absolute Gasteiger partial charge is 0.0639 e. The summed E-state index contributed by atoms with van der Waals surface area (Å²) in [5.41, 5.74) is 7.32. The number of hydrogen-bond donors (Lipinski definition) is 2. The summed E-state index contributed by atoms with van der Waals surface area (Å²) in [7, 11) is 0. The normalized spacial score (nSPS) is 10.1. The second-order valence-corrected chi connectivity index (χ2v) is 3.78. The van der Waals surface area contributed by atoms with E-state index in [2.05, 4.69) is 11.9 Å². The van der Waals surface area contributed by atoms with Crippen LogP contribution in [0, 0.1) is 0 Å². The van der Waals surface area contributed by atoms with Crippen molar-refractivity contribution in [2.75, 3.05) is 30.8 Å². The molecule has 0 heterocycles. The van der Waals surface area contributed by atoms with Crippen LogP contribution in [0.2, 0.25) is 5.02 Å². The molecule has 0 aromatic heterocycles. The highest BCUT2D eigenvalue weighted by molar-refractivity contribution is 6.31. The minimum atomic E-state index is 0.644. The van der Waals surface area contributed by atoms with E-state index in [4.69, 9.17) is 22.1 Å². The average Bonchev–Trinajstić information content (AvgIpc) is 2.26. The molecule has 88 valence electrons. The van der Waals surface area contributed by atoms with E-state index in [-0.39, 0.29) is 0 Å². The summed E-state index contributed by atoms with van der Waals surface area (Å²) < 4.78 is 5.36. The summed E-state index contributed by atoms with van der Waals surface area (Å²) in [4.78, 5) is 0. The van der Waals surface area contributed by atoms with Gasteiger partial charge in [0.25, 0.3) is 0 Å². The molecular weight excluding hydrogens is 224 g/mol. The monoisotopic (exact) mass is 240 g/mol. The van der Waals surface area contributed by atoms with E-state index in [1.807, 2.05) is 12.1 Å². The molecule has 0 atom stereocenters. The minimum Gasteiger partial charge on any atom is -0.397 e. The lowest BCUT2D eigenvalue weighted by molar-refractivity contribution is 0.149. The van der Waals surface area contributed by atoms with Gasteiger partial charge in [-0.05, 0) is 24.6 Å². The first-order chi connectivity index (χ1) is 7.74. The number of halogens is 1. The van der Waals surface area contributed by atoms with Crippen LogP contribution in [0.15, 0.2) is 30.9 Å². The van der Waals surface area contributed by atoms with Crippen molar-refractivity contribution in [3.05, 3.63) is 35.9 Å². The highest BCUT2D eigenvalue weighted by Gasteiger charge is 1.98. The molecule has 0 amide bonds. The Morgan fingerprint density at radius 1 is 1.44 bits per heavy atom. The number of nitrogens with two attached hydrogens (primary N) is 1. The number of hydrogen-bond acceptors (Lipinski definition) is 3. The first kappa shape index (κ1) is 12.9. The summed E-state index contributed by atoms with van der Waals surface area (Å²) in [5.74, 6) is 0. The molecule has 0 spiro atoms. The van der Waals surface area contributed by atoms with Gasteiger partial charge < -0.3 is 15.8 Å². The predicted octanol–water partition coefficient (Wildman–Crippen LogP) is 2.93. The first-order valence-corrected chi connectivity index (χ1v) is 5.59. The van der Waals surface area contributed by atoms with E-state index in [1.165, 1.54) is 0 Å². The maximum Gasteiger partial charge on any atom is 0.0639 e. The number of benzene rings is 1. The van der Waals surface area contributed by atoms with Gasteiger partial charge >= 0.3 is 0 Å². The van der Waals surface area contributed by atoms with Crippen LogP contribution in [0.1, 0.15) is 6.42 Å². The number of anilines is 2. The van der Waals surface area contributed by atoms with Crippen LogP contribution in [-0.2, 0) is 4.74 Å². The Morgan fingerprint density at radius 3 is 2.94 bits per heavy atom. The molecule has 0 aliphatic heterocycles. The molecule has 3 nitrogen and oxygen atoms in total. The van der Waals surface area contributed by atoms with Crippen LogP contribution >= 0.6 is 11.6 Å². The van der Waals surface area contributed by atoms with Gasteiger partial charge in [-0.1, -0.05) is 17.7 Å². The van der Waals surface area contributed by atoms with E-state index in [0.717, 1.165) is 18.7 Å². The summed E-state index contributed by atoms with van der Waals surface area (Å²) in [5, 5.41) is 3.83. The van der Waals surface area contributed by atoms with Gasteiger partial charge in [-0.15, -0.1) is 6.58 Å². The Kier molecular flexibility index (Phi) is 5.75. The summed E-state index contributed by atoms with van der Waals surface area (Å²) >= 11 is 5.79. The van der Waals surface area contributed by atoms with E-state index < -0.39 is 0 Å². The minimum absolute atomic E-state index is 0.644. The van der Waals surface area contributed by atoms with Crippen molar-refractivity contribution in [3.8, 4) is 0 Å². The number of rotatable bonds is 7. The highest BCUT2D eigenvalue weighted by Crippen LogP contribution is 2.22. The van der Waals surface area contributed by atoms with Gasteiger partial charge in [-0.25, -0.2) is 0 Å². The van der Waals surface area contributed by atoms with Crippen molar-refractivity contribution in [1.82, 2.24) is 0 Å². The third-order valence-electron chi connectivity index (χ3n) is 2.04. The summed E-state index contributed by atoms with van der Waals surface area (Å²) in [6.07, 6.45) is 2.72. The van der Waals surface area contributed by atoms with Gasteiger partial charge in [0.1, 0.15) is 0 Å². The lowest BCUT2D eigenvalue weighted by Crippen LogP contribution is -2.10. The van der Waals surface area contributed by atoms with E-state index in [1.54, 1.807) is 12.1 Å². The van der Waals surface area contributed by atoms with Gasteiger partial charge in [0, 0.05) is 11.6 Å². The van der Waals surface area contributed by atoms with Gasteiger partial charge in [0.2, 0.25) is 0 Å². The lowest BCUT2D eigenvalue weighted by Gasteiger charge is -2.09. The van der Waals surface area contributed by atoms with E-state index >= 15 is 0 Å². The molecule has 4 heteroatoms. The van der Waals surface area contributed by atoms with Crippen molar-refractivity contribution in [2.24, 2.45) is 0 Å².